The van der Waals surface area contributed by atoms with Gasteiger partial charge in [-0.3, -0.25) is 0 Å². The van der Waals surface area contributed by atoms with E-state index < -0.39 is 0 Å². The van der Waals surface area contributed by atoms with Crippen LogP contribution < -0.4 is 0 Å². The van der Waals surface area contributed by atoms with Gasteiger partial charge in [0.1, 0.15) is 0 Å². The number of rotatable bonds is 36. The Morgan fingerprint density at radius 1 is 0.449 bits per heavy atom. The SMILES string of the molecule is CCCCC/C=C\C/C=C\CCCCCCCCC(CCCCCCCC/C=C\C/C=C\CCCCC)N(C)CCCCN1CCCCC1. The fourth-order valence-electron chi connectivity index (χ4n) is 7.38. The molecule has 0 unspecified atom stereocenters. The molecule has 1 aliphatic heterocycles. The van der Waals surface area contributed by atoms with E-state index in [2.05, 4.69) is 79.3 Å². The number of hydrogen-bond acceptors (Lipinski definition) is 2. The number of piperidine rings is 1. The molecule has 0 aromatic heterocycles. The molecule has 0 spiro atoms. The predicted octanol–water partition coefficient (Wildman–Crippen LogP) is 15.0. The largest absolute Gasteiger partial charge is 0.303 e. The van der Waals surface area contributed by atoms with E-state index in [-0.39, 0.29) is 0 Å². The highest BCUT2D eigenvalue weighted by Gasteiger charge is 2.15. The van der Waals surface area contributed by atoms with Gasteiger partial charge in [0.2, 0.25) is 0 Å². The number of hydrogen-bond donors (Lipinski definition) is 0. The topological polar surface area (TPSA) is 6.48 Å². The molecule has 0 saturated carbocycles. The molecule has 0 radical (unpaired) electrons. The zero-order chi connectivity index (χ0) is 35.1. The van der Waals surface area contributed by atoms with Gasteiger partial charge in [0, 0.05) is 6.04 Å². The lowest BCUT2D eigenvalue weighted by Crippen LogP contribution is -2.34. The van der Waals surface area contributed by atoms with E-state index in [1.807, 2.05) is 0 Å². The summed E-state index contributed by atoms with van der Waals surface area (Å²) in [6, 6.07) is 0.798. The molecule has 0 atom stereocenters. The molecule has 0 aliphatic carbocycles. The predicted molar refractivity (Wildman–Crippen MR) is 224 cm³/mol. The van der Waals surface area contributed by atoms with Crippen molar-refractivity contribution < 1.29 is 0 Å². The second kappa shape index (κ2) is 38.1. The maximum atomic E-state index is 2.76. The molecule has 0 aromatic rings. The molecule has 0 bridgehead atoms. The number of likely N-dealkylation sites (tertiary alicyclic amines) is 1. The molecular formula is C47H88N2. The summed E-state index contributed by atoms with van der Waals surface area (Å²) in [6.07, 6.45) is 61.2. The zero-order valence-electron chi connectivity index (χ0n) is 33.8. The number of unbranched alkanes of at least 4 members (excludes halogenated alkanes) is 19. The minimum atomic E-state index is 0.798. The first-order valence-electron chi connectivity index (χ1n) is 22.3. The van der Waals surface area contributed by atoms with Gasteiger partial charge >= 0.3 is 0 Å². The van der Waals surface area contributed by atoms with Gasteiger partial charge in [-0.15, -0.1) is 0 Å². The summed E-state index contributed by atoms with van der Waals surface area (Å²) in [5.41, 5.74) is 0. The smallest absolute Gasteiger partial charge is 0.00922 e. The first-order valence-corrected chi connectivity index (χ1v) is 22.3. The molecule has 2 nitrogen and oxygen atoms in total. The molecule has 1 fully saturated rings. The summed E-state index contributed by atoms with van der Waals surface area (Å²) in [6.45, 7) is 9.88. The van der Waals surface area contributed by atoms with E-state index >= 15 is 0 Å². The molecule has 0 amide bonds. The van der Waals surface area contributed by atoms with Gasteiger partial charge in [-0.25, -0.2) is 0 Å². The van der Waals surface area contributed by atoms with Crippen molar-refractivity contribution in [2.75, 3.05) is 33.2 Å². The minimum Gasteiger partial charge on any atom is -0.303 e. The second-order valence-corrected chi connectivity index (χ2v) is 15.5. The Morgan fingerprint density at radius 3 is 1.31 bits per heavy atom. The molecule has 1 heterocycles. The average Bonchev–Trinajstić information content (AvgIpc) is 3.12. The van der Waals surface area contributed by atoms with Crippen LogP contribution in [0, 0.1) is 0 Å². The summed E-state index contributed by atoms with van der Waals surface area (Å²) in [4.78, 5) is 5.48. The first kappa shape index (κ1) is 45.9. The van der Waals surface area contributed by atoms with Crippen molar-refractivity contribution in [3.63, 3.8) is 0 Å². The zero-order valence-corrected chi connectivity index (χ0v) is 33.8. The van der Waals surface area contributed by atoms with Gasteiger partial charge in [-0.1, -0.05) is 159 Å². The summed E-state index contributed by atoms with van der Waals surface area (Å²) < 4.78 is 0. The number of nitrogens with zero attached hydrogens (tertiary/aromatic N) is 2. The fraction of sp³-hybridized carbons (Fsp3) is 0.830. The van der Waals surface area contributed by atoms with E-state index in [1.54, 1.807) is 0 Å². The Bertz CT molecular complexity index is 710. The van der Waals surface area contributed by atoms with Crippen LogP contribution in [0.5, 0.6) is 0 Å². The van der Waals surface area contributed by atoms with Crippen molar-refractivity contribution in [3.8, 4) is 0 Å². The third-order valence-electron chi connectivity index (χ3n) is 10.8. The highest BCUT2D eigenvalue weighted by atomic mass is 15.1. The van der Waals surface area contributed by atoms with Crippen molar-refractivity contribution in [2.24, 2.45) is 0 Å². The summed E-state index contributed by atoms with van der Waals surface area (Å²) in [7, 11) is 2.44. The number of allylic oxidation sites excluding steroid dienone is 8. The van der Waals surface area contributed by atoms with Gasteiger partial charge in [-0.2, -0.15) is 0 Å². The summed E-state index contributed by atoms with van der Waals surface area (Å²) >= 11 is 0. The van der Waals surface area contributed by atoms with E-state index in [9.17, 15) is 0 Å². The van der Waals surface area contributed by atoms with Gasteiger partial charge in [0.25, 0.3) is 0 Å². The van der Waals surface area contributed by atoms with Crippen molar-refractivity contribution in [1.29, 1.82) is 0 Å². The van der Waals surface area contributed by atoms with Crippen molar-refractivity contribution in [3.05, 3.63) is 48.6 Å². The van der Waals surface area contributed by atoms with Crippen LogP contribution in [0.1, 0.15) is 213 Å². The van der Waals surface area contributed by atoms with Crippen LogP contribution in [0.25, 0.3) is 0 Å². The van der Waals surface area contributed by atoms with Crippen LogP contribution in [-0.2, 0) is 0 Å². The van der Waals surface area contributed by atoms with Gasteiger partial charge in [0.15, 0.2) is 0 Å². The van der Waals surface area contributed by atoms with E-state index in [0.717, 1.165) is 18.9 Å². The summed E-state index contributed by atoms with van der Waals surface area (Å²) in [5, 5.41) is 0. The van der Waals surface area contributed by atoms with Crippen molar-refractivity contribution in [1.82, 2.24) is 9.80 Å². The molecule has 286 valence electrons. The second-order valence-electron chi connectivity index (χ2n) is 15.5. The highest BCUT2D eigenvalue weighted by Crippen LogP contribution is 2.19. The first-order chi connectivity index (χ1) is 24.3. The van der Waals surface area contributed by atoms with Gasteiger partial charge in [-0.05, 0) is 136 Å². The molecule has 49 heavy (non-hydrogen) atoms. The van der Waals surface area contributed by atoms with Crippen LogP contribution in [0.3, 0.4) is 0 Å². The minimum absolute atomic E-state index is 0.798. The third kappa shape index (κ3) is 32.5. The highest BCUT2D eigenvalue weighted by molar-refractivity contribution is 4.93. The Kier molecular flexibility index (Phi) is 35.7. The molecule has 0 N–H and O–H groups in total. The Hall–Kier alpha value is -1.12. The van der Waals surface area contributed by atoms with E-state index in [1.165, 1.54) is 212 Å². The molecule has 1 saturated heterocycles. The van der Waals surface area contributed by atoms with Crippen molar-refractivity contribution in [2.45, 2.75) is 219 Å². The lowest BCUT2D eigenvalue weighted by atomic mass is 9.98. The quantitative estimate of drug-likeness (QED) is 0.0480. The normalized spacial score (nSPS) is 14.8. The van der Waals surface area contributed by atoms with Crippen LogP contribution >= 0.6 is 0 Å². The third-order valence-corrected chi connectivity index (χ3v) is 10.8. The Balaban J connectivity index is 2.18. The van der Waals surface area contributed by atoms with Crippen LogP contribution in [0.15, 0.2) is 48.6 Å². The maximum absolute atomic E-state index is 2.76. The Morgan fingerprint density at radius 2 is 0.857 bits per heavy atom. The Labute approximate surface area is 309 Å². The van der Waals surface area contributed by atoms with Crippen LogP contribution in [0.4, 0.5) is 0 Å². The maximum Gasteiger partial charge on any atom is 0.00922 e. The summed E-state index contributed by atoms with van der Waals surface area (Å²) in [5.74, 6) is 0. The van der Waals surface area contributed by atoms with E-state index in [4.69, 9.17) is 0 Å². The average molecular weight is 681 g/mol. The standard InChI is InChI=1S/C47H88N2/c1-4-6-8-10-12-14-16-18-20-22-24-26-28-30-32-35-41-47(48(3)43-39-40-46-49-44-37-34-38-45-49)42-36-33-31-29-27-25-23-21-19-17-15-13-11-9-7-5-2/h12-15,18-21,47H,4-11,16-17,22-46H2,1-3H3/b14-12-,15-13-,20-18-,21-19-. The van der Waals surface area contributed by atoms with Gasteiger partial charge < -0.3 is 9.80 Å². The van der Waals surface area contributed by atoms with Crippen molar-refractivity contribution >= 4 is 0 Å². The van der Waals surface area contributed by atoms with Crippen LogP contribution in [0.2, 0.25) is 0 Å². The van der Waals surface area contributed by atoms with E-state index in [0.29, 0.717) is 0 Å². The fourth-order valence-corrected chi connectivity index (χ4v) is 7.38. The molecule has 0 aromatic carbocycles. The molecule has 1 rings (SSSR count). The van der Waals surface area contributed by atoms with Gasteiger partial charge in [0.05, 0.1) is 0 Å². The lowest BCUT2D eigenvalue weighted by Gasteiger charge is -2.30. The molecule has 1 aliphatic rings. The lowest BCUT2D eigenvalue weighted by molar-refractivity contribution is 0.192. The monoisotopic (exact) mass is 681 g/mol. The molecule has 2 heteroatoms. The molecular weight excluding hydrogens is 593 g/mol. The van der Waals surface area contributed by atoms with Crippen LogP contribution in [-0.4, -0.2) is 49.1 Å².